The molecule has 0 aliphatic carbocycles. The van der Waals surface area contributed by atoms with E-state index in [0.29, 0.717) is 18.0 Å². The fourth-order valence-corrected chi connectivity index (χ4v) is 5.45. The van der Waals surface area contributed by atoms with Crippen LogP contribution in [-0.4, -0.2) is 41.7 Å². The Morgan fingerprint density at radius 1 is 1.16 bits per heavy atom. The summed E-state index contributed by atoms with van der Waals surface area (Å²) in [7, 11) is -3.04. The van der Waals surface area contributed by atoms with Crippen LogP contribution in [0.4, 0.5) is 0 Å². The average Bonchev–Trinajstić information content (AvgIpc) is 3.31. The Labute approximate surface area is 186 Å². The number of hydrogen-bond acceptors (Lipinski definition) is 4. The second-order valence-corrected chi connectivity index (χ2v) is 10.2. The van der Waals surface area contributed by atoms with E-state index in [1.165, 1.54) is 6.08 Å². The molecule has 160 valence electrons. The van der Waals surface area contributed by atoms with Gasteiger partial charge in [0.25, 0.3) is 0 Å². The second kappa shape index (κ2) is 9.08. The van der Waals surface area contributed by atoms with E-state index in [1.807, 2.05) is 60.8 Å². The van der Waals surface area contributed by atoms with Crippen molar-refractivity contribution in [2.45, 2.75) is 19.0 Å². The number of sulfone groups is 1. The Balaban J connectivity index is 1.56. The Hall–Kier alpha value is -2.90. The molecule has 1 unspecified atom stereocenters. The van der Waals surface area contributed by atoms with Crippen LogP contribution in [0.25, 0.3) is 17.3 Å². The molecule has 0 bridgehead atoms. The van der Waals surface area contributed by atoms with Gasteiger partial charge >= 0.3 is 0 Å². The minimum Gasteiger partial charge on any atom is -0.349 e. The monoisotopic (exact) mass is 455 g/mol. The van der Waals surface area contributed by atoms with E-state index in [9.17, 15) is 13.2 Å². The molecule has 3 aromatic rings. The first kappa shape index (κ1) is 21.3. The van der Waals surface area contributed by atoms with Gasteiger partial charge in [0, 0.05) is 34.5 Å². The van der Waals surface area contributed by atoms with E-state index < -0.39 is 9.84 Å². The Morgan fingerprint density at radius 2 is 1.90 bits per heavy atom. The van der Waals surface area contributed by atoms with Crippen molar-refractivity contribution in [1.29, 1.82) is 0 Å². The van der Waals surface area contributed by atoms with Crippen LogP contribution in [0.15, 0.2) is 66.9 Å². The third-order valence-electron chi connectivity index (χ3n) is 5.12. The van der Waals surface area contributed by atoms with Gasteiger partial charge in [-0.25, -0.2) is 8.42 Å². The minimum atomic E-state index is -3.04. The van der Waals surface area contributed by atoms with Crippen LogP contribution in [0.2, 0.25) is 5.02 Å². The molecule has 8 heteroatoms. The number of nitrogens with zero attached hydrogens (tertiary/aromatic N) is 2. The van der Waals surface area contributed by atoms with Crippen molar-refractivity contribution in [3.05, 3.63) is 83.0 Å². The van der Waals surface area contributed by atoms with Crippen LogP contribution in [0, 0.1) is 0 Å². The number of rotatable bonds is 6. The fraction of sp³-hybridized carbons (Fsp3) is 0.217. The summed E-state index contributed by atoms with van der Waals surface area (Å²) in [5.74, 6) is -0.202. The molecule has 2 aromatic carbocycles. The largest absolute Gasteiger partial charge is 0.349 e. The molecule has 1 amide bonds. The van der Waals surface area contributed by atoms with Gasteiger partial charge in [-0.15, -0.1) is 0 Å². The van der Waals surface area contributed by atoms with Gasteiger partial charge in [0.1, 0.15) is 0 Å². The summed E-state index contributed by atoms with van der Waals surface area (Å²) in [5.41, 5.74) is 3.41. The Bertz CT molecular complexity index is 1220. The van der Waals surface area contributed by atoms with Crippen molar-refractivity contribution in [2.24, 2.45) is 0 Å². The van der Waals surface area contributed by atoms with Crippen LogP contribution in [0.5, 0.6) is 0 Å². The molecule has 1 aliphatic heterocycles. The maximum Gasteiger partial charge on any atom is 0.244 e. The number of carbonyl (C=O) groups is 1. The molecular weight excluding hydrogens is 434 g/mol. The molecule has 1 N–H and O–H groups in total. The molecule has 2 heterocycles. The van der Waals surface area contributed by atoms with Gasteiger partial charge in [-0.3, -0.25) is 9.48 Å². The van der Waals surface area contributed by atoms with Crippen LogP contribution in [-0.2, 0) is 21.2 Å². The lowest BCUT2D eigenvalue weighted by Gasteiger charge is -2.07. The van der Waals surface area contributed by atoms with E-state index in [1.54, 1.807) is 10.8 Å². The standard InChI is InChI=1S/C23H22ClN3O3S/c24-21-9-5-4-8-18(21)14-27-15-19(23(26-27)17-6-2-1-3-7-17)10-11-22(28)25-20-12-13-31(29,30)16-20/h1-11,15,20H,12-14,16H2,(H,25,28)/b11-10+. The maximum absolute atomic E-state index is 12.3. The first-order valence-corrected chi connectivity index (χ1v) is 12.1. The van der Waals surface area contributed by atoms with Gasteiger partial charge in [0.05, 0.1) is 23.7 Å². The van der Waals surface area contributed by atoms with E-state index in [0.717, 1.165) is 22.4 Å². The van der Waals surface area contributed by atoms with Crippen LogP contribution >= 0.6 is 11.6 Å². The molecule has 1 aliphatic rings. The summed E-state index contributed by atoms with van der Waals surface area (Å²) in [6.45, 7) is 0.499. The summed E-state index contributed by atoms with van der Waals surface area (Å²) in [6.07, 6.45) is 5.45. The zero-order valence-electron chi connectivity index (χ0n) is 16.7. The lowest BCUT2D eigenvalue weighted by Crippen LogP contribution is -2.34. The summed E-state index contributed by atoms with van der Waals surface area (Å²) >= 11 is 6.29. The highest BCUT2D eigenvalue weighted by molar-refractivity contribution is 7.91. The topological polar surface area (TPSA) is 81.1 Å². The molecule has 1 aromatic heterocycles. The number of hydrogen-bond donors (Lipinski definition) is 1. The molecule has 1 fully saturated rings. The number of aromatic nitrogens is 2. The van der Waals surface area contributed by atoms with Gasteiger partial charge < -0.3 is 5.32 Å². The first-order chi connectivity index (χ1) is 14.9. The van der Waals surface area contributed by atoms with Crippen molar-refractivity contribution < 1.29 is 13.2 Å². The average molecular weight is 456 g/mol. The highest BCUT2D eigenvalue weighted by atomic mass is 35.5. The number of benzene rings is 2. The molecule has 31 heavy (non-hydrogen) atoms. The molecule has 4 rings (SSSR count). The Morgan fingerprint density at radius 3 is 2.61 bits per heavy atom. The van der Waals surface area contributed by atoms with Gasteiger partial charge in [0.2, 0.25) is 5.91 Å². The van der Waals surface area contributed by atoms with Crippen LogP contribution in [0.1, 0.15) is 17.5 Å². The molecule has 0 saturated carbocycles. The third-order valence-corrected chi connectivity index (χ3v) is 7.26. The van der Waals surface area contributed by atoms with Gasteiger partial charge in [0.15, 0.2) is 9.84 Å². The molecule has 6 nitrogen and oxygen atoms in total. The first-order valence-electron chi connectivity index (χ1n) is 9.95. The minimum absolute atomic E-state index is 0.00237. The summed E-state index contributed by atoms with van der Waals surface area (Å²) in [5, 5.41) is 8.15. The Kier molecular flexibility index (Phi) is 6.25. The number of carbonyl (C=O) groups excluding carboxylic acids is 1. The van der Waals surface area contributed by atoms with Crippen molar-refractivity contribution in [3.8, 4) is 11.3 Å². The predicted molar refractivity (Wildman–Crippen MR) is 122 cm³/mol. The fourth-order valence-electron chi connectivity index (χ4n) is 3.58. The second-order valence-electron chi connectivity index (χ2n) is 7.53. The molecule has 1 atom stereocenters. The highest BCUT2D eigenvalue weighted by Gasteiger charge is 2.28. The molecule has 0 spiro atoms. The lowest BCUT2D eigenvalue weighted by atomic mass is 10.1. The van der Waals surface area contributed by atoms with E-state index in [-0.39, 0.29) is 23.5 Å². The third kappa shape index (κ3) is 5.42. The zero-order chi connectivity index (χ0) is 21.8. The van der Waals surface area contributed by atoms with Crippen molar-refractivity contribution in [3.63, 3.8) is 0 Å². The number of nitrogens with one attached hydrogen (secondary N) is 1. The van der Waals surface area contributed by atoms with Gasteiger partial charge in [-0.2, -0.15) is 5.10 Å². The van der Waals surface area contributed by atoms with Crippen molar-refractivity contribution >= 4 is 33.4 Å². The summed E-state index contributed by atoms with van der Waals surface area (Å²) < 4.78 is 25.0. The highest BCUT2D eigenvalue weighted by Crippen LogP contribution is 2.24. The predicted octanol–water partition coefficient (Wildman–Crippen LogP) is 3.57. The molecule has 0 radical (unpaired) electrons. The number of amides is 1. The SMILES string of the molecule is O=C(/C=C/c1cn(Cc2ccccc2Cl)nc1-c1ccccc1)NC1CCS(=O)(=O)C1. The van der Waals surface area contributed by atoms with E-state index in [2.05, 4.69) is 5.32 Å². The molecular formula is C23H22ClN3O3S. The quantitative estimate of drug-likeness (QED) is 0.576. The van der Waals surface area contributed by atoms with E-state index in [4.69, 9.17) is 16.7 Å². The van der Waals surface area contributed by atoms with Crippen molar-refractivity contribution in [2.75, 3.05) is 11.5 Å². The van der Waals surface area contributed by atoms with Gasteiger partial charge in [-0.1, -0.05) is 60.1 Å². The maximum atomic E-state index is 12.3. The summed E-state index contributed by atoms with van der Waals surface area (Å²) in [4.78, 5) is 12.3. The number of halogens is 1. The van der Waals surface area contributed by atoms with Crippen molar-refractivity contribution in [1.82, 2.24) is 15.1 Å². The smallest absolute Gasteiger partial charge is 0.244 e. The normalized spacial score (nSPS) is 17.8. The summed E-state index contributed by atoms with van der Waals surface area (Å²) in [6, 6.07) is 17.0. The van der Waals surface area contributed by atoms with Crippen LogP contribution < -0.4 is 5.32 Å². The molecule has 1 saturated heterocycles. The van der Waals surface area contributed by atoms with Crippen LogP contribution in [0.3, 0.4) is 0 Å². The van der Waals surface area contributed by atoms with E-state index >= 15 is 0 Å². The lowest BCUT2D eigenvalue weighted by molar-refractivity contribution is -0.116. The van der Waals surface area contributed by atoms with Gasteiger partial charge in [-0.05, 0) is 24.1 Å². The zero-order valence-corrected chi connectivity index (χ0v) is 18.3.